The zero-order chi connectivity index (χ0) is 14.0. The fourth-order valence-electron chi connectivity index (χ4n) is 1.59. The van der Waals surface area contributed by atoms with E-state index < -0.39 is 6.61 Å². The van der Waals surface area contributed by atoms with Crippen molar-refractivity contribution >= 4 is 59.1 Å². The van der Waals surface area contributed by atoms with E-state index >= 15 is 0 Å². The highest BCUT2D eigenvalue weighted by molar-refractivity contribution is 9.12. The van der Waals surface area contributed by atoms with E-state index in [1.807, 2.05) is 6.07 Å². The van der Waals surface area contributed by atoms with Crippen LogP contribution in [-0.4, -0.2) is 6.61 Å². The van der Waals surface area contributed by atoms with Gasteiger partial charge in [-0.15, -0.1) is 11.3 Å². The number of halogens is 5. The van der Waals surface area contributed by atoms with Crippen molar-refractivity contribution in [1.82, 2.24) is 0 Å². The minimum Gasteiger partial charge on any atom is -0.434 e. The Hall–Kier alpha value is 0.0200. The molecule has 0 aliphatic carbocycles. The van der Waals surface area contributed by atoms with E-state index in [0.717, 1.165) is 13.1 Å². The molecule has 1 aromatic carbocycles. The molecule has 7 heteroatoms. The van der Waals surface area contributed by atoms with Crippen molar-refractivity contribution in [2.24, 2.45) is 0 Å². The zero-order valence-corrected chi connectivity index (χ0v) is 14.8. The van der Waals surface area contributed by atoms with Gasteiger partial charge in [0.2, 0.25) is 0 Å². The van der Waals surface area contributed by atoms with Crippen LogP contribution >= 0.6 is 59.1 Å². The highest BCUT2D eigenvalue weighted by atomic mass is 79.9. The Labute approximate surface area is 138 Å². The first-order chi connectivity index (χ1) is 8.99. The molecule has 0 bridgehead atoms. The van der Waals surface area contributed by atoms with Gasteiger partial charge < -0.3 is 4.74 Å². The number of rotatable bonds is 4. The molecule has 19 heavy (non-hydrogen) atoms. The number of ether oxygens (including phenoxy) is 1. The topological polar surface area (TPSA) is 9.23 Å². The third-order valence-corrected chi connectivity index (χ3v) is 5.74. The van der Waals surface area contributed by atoms with Gasteiger partial charge in [0, 0.05) is 5.56 Å². The maximum absolute atomic E-state index is 12.4. The third kappa shape index (κ3) is 3.77. The van der Waals surface area contributed by atoms with Crippen LogP contribution in [0.1, 0.15) is 16.0 Å². The van der Waals surface area contributed by atoms with Crippen molar-refractivity contribution in [3.63, 3.8) is 0 Å². The molecule has 102 valence electrons. The normalized spacial score (nSPS) is 12.7. The molecule has 2 rings (SSSR count). The average Bonchev–Trinajstić information content (AvgIpc) is 2.67. The van der Waals surface area contributed by atoms with Crippen LogP contribution in [0.2, 0.25) is 0 Å². The van der Waals surface area contributed by atoms with E-state index in [1.54, 1.807) is 18.2 Å². The number of thiophene rings is 1. The minimum absolute atomic E-state index is 0.175. The van der Waals surface area contributed by atoms with Gasteiger partial charge in [-0.05, 0) is 49.6 Å². The van der Waals surface area contributed by atoms with E-state index in [4.69, 9.17) is 0 Å². The minimum atomic E-state index is -2.83. The first-order valence-corrected chi connectivity index (χ1v) is 8.43. The molecule has 0 N–H and O–H groups in total. The highest BCUT2D eigenvalue weighted by Gasteiger charge is 2.21. The van der Waals surface area contributed by atoms with Crippen molar-refractivity contribution in [3.8, 4) is 5.75 Å². The summed E-state index contributed by atoms with van der Waals surface area (Å²) in [4.78, 5) is -0.223. The lowest BCUT2D eigenvalue weighted by molar-refractivity contribution is -0.0503. The fourth-order valence-corrected chi connectivity index (χ4v) is 5.69. The van der Waals surface area contributed by atoms with E-state index in [0.29, 0.717) is 5.56 Å². The van der Waals surface area contributed by atoms with E-state index in [-0.39, 0.29) is 10.6 Å². The van der Waals surface area contributed by atoms with Crippen LogP contribution in [0.15, 0.2) is 37.9 Å². The Kier molecular flexibility index (Phi) is 5.39. The smallest absolute Gasteiger partial charge is 0.387 e. The summed E-state index contributed by atoms with van der Waals surface area (Å²) in [5.74, 6) is 0.175. The SMILES string of the molecule is FC(F)Oc1ccccc1C(Br)c1cc(Br)sc1Br. The highest BCUT2D eigenvalue weighted by Crippen LogP contribution is 2.44. The quantitative estimate of drug-likeness (QED) is 0.467. The average molecular weight is 477 g/mol. The predicted molar refractivity (Wildman–Crippen MR) is 83.6 cm³/mol. The van der Waals surface area contributed by atoms with Gasteiger partial charge in [0.1, 0.15) is 5.75 Å². The van der Waals surface area contributed by atoms with Crippen molar-refractivity contribution in [2.45, 2.75) is 11.4 Å². The van der Waals surface area contributed by atoms with Crippen LogP contribution in [0.4, 0.5) is 8.78 Å². The van der Waals surface area contributed by atoms with Gasteiger partial charge in [0.05, 0.1) is 12.4 Å². The predicted octanol–water partition coefficient (Wildman–Crippen LogP) is 6.36. The number of para-hydroxylation sites is 1. The number of alkyl halides is 3. The van der Waals surface area contributed by atoms with Gasteiger partial charge in [-0.1, -0.05) is 34.1 Å². The summed E-state index contributed by atoms with van der Waals surface area (Å²) < 4.78 is 31.2. The zero-order valence-electron chi connectivity index (χ0n) is 9.25. The van der Waals surface area contributed by atoms with Gasteiger partial charge in [0.15, 0.2) is 0 Å². The third-order valence-electron chi connectivity index (χ3n) is 2.36. The standard InChI is InChI=1S/C12H7Br3F2OS/c13-9-5-7(11(15)19-9)10(14)6-3-1-2-4-8(6)18-12(16)17/h1-5,10,12H. The second-order valence-electron chi connectivity index (χ2n) is 3.56. The molecule has 0 saturated carbocycles. The molecule has 1 unspecified atom stereocenters. The summed E-state index contributed by atoms with van der Waals surface area (Å²) in [6, 6.07) is 8.68. The Morgan fingerprint density at radius 3 is 2.37 bits per heavy atom. The molecule has 1 aromatic heterocycles. The lowest BCUT2D eigenvalue weighted by Crippen LogP contribution is -2.05. The van der Waals surface area contributed by atoms with Crippen LogP contribution in [-0.2, 0) is 0 Å². The maximum atomic E-state index is 12.4. The molecule has 1 nitrogen and oxygen atoms in total. The fraction of sp³-hybridized carbons (Fsp3) is 0.167. The first kappa shape index (κ1) is 15.4. The maximum Gasteiger partial charge on any atom is 0.387 e. The Morgan fingerprint density at radius 2 is 1.79 bits per heavy atom. The van der Waals surface area contributed by atoms with Gasteiger partial charge in [-0.2, -0.15) is 8.78 Å². The Bertz CT molecular complexity index is 574. The van der Waals surface area contributed by atoms with Gasteiger partial charge >= 0.3 is 6.61 Å². The second-order valence-corrected chi connectivity index (χ2v) is 8.22. The molecule has 1 heterocycles. The molecule has 0 amide bonds. The second kappa shape index (κ2) is 6.65. The van der Waals surface area contributed by atoms with E-state index in [1.165, 1.54) is 17.4 Å². The van der Waals surface area contributed by atoms with Gasteiger partial charge in [-0.3, -0.25) is 0 Å². The van der Waals surface area contributed by atoms with E-state index in [9.17, 15) is 8.78 Å². The van der Waals surface area contributed by atoms with Crippen molar-refractivity contribution in [2.75, 3.05) is 0 Å². The van der Waals surface area contributed by atoms with Crippen molar-refractivity contribution < 1.29 is 13.5 Å². The molecule has 0 saturated heterocycles. The van der Waals surface area contributed by atoms with Crippen LogP contribution in [0.3, 0.4) is 0 Å². The van der Waals surface area contributed by atoms with Crippen molar-refractivity contribution in [3.05, 3.63) is 49.0 Å². The largest absolute Gasteiger partial charge is 0.434 e. The number of benzene rings is 1. The summed E-state index contributed by atoms with van der Waals surface area (Å²) in [5, 5.41) is 0. The molecule has 1 atom stereocenters. The van der Waals surface area contributed by atoms with Gasteiger partial charge in [-0.25, -0.2) is 0 Å². The number of hydrogen-bond acceptors (Lipinski definition) is 2. The summed E-state index contributed by atoms with van der Waals surface area (Å²) in [6.07, 6.45) is 0. The van der Waals surface area contributed by atoms with Gasteiger partial charge in [0.25, 0.3) is 0 Å². The van der Waals surface area contributed by atoms with Crippen LogP contribution in [0.5, 0.6) is 5.75 Å². The van der Waals surface area contributed by atoms with Crippen molar-refractivity contribution in [1.29, 1.82) is 0 Å². The Balaban J connectivity index is 2.38. The molecule has 0 radical (unpaired) electrons. The van der Waals surface area contributed by atoms with E-state index in [2.05, 4.69) is 52.5 Å². The molecular formula is C12H7Br3F2OS. The lowest BCUT2D eigenvalue weighted by atomic mass is 10.1. The van der Waals surface area contributed by atoms with Crippen LogP contribution in [0, 0.1) is 0 Å². The number of hydrogen-bond donors (Lipinski definition) is 0. The van der Waals surface area contributed by atoms with Crippen LogP contribution in [0.25, 0.3) is 0 Å². The molecular weight excluding hydrogens is 470 g/mol. The van der Waals surface area contributed by atoms with Crippen LogP contribution < -0.4 is 4.74 Å². The monoisotopic (exact) mass is 474 g/mol. The molecule has 0 fully saturated rings. The molecule has 0 aliphatic heterocycles. The molecule has 0 spiro atoms. The summed E-state index contributed by atoms with van der Waals surface area (Å²) >= 11 is 11.9. The molecule has 0 aliphatic rings. The lowest BCUT2D eigenvalue weighted by Gasteiger charge is -2.15. The first-order valence-electron chi connectivity index (χ1n) is 5.11. The summed E-state index contributed by atoms with van der Waals surface area (Å²) in [5.41, 5.74) is 1.62. The Morgan fingerprint density at radius 1 is 1.11 bits per heavy atom. The summed E-state index contributed by atoms with van der Waals surface area (Å²) in [7, 11) is 0. The molecule has 2 aromatic rings. The summed E-state index contributed by atoms with van der Waals surface area (Å²) in [6.45, 7) is -2.83.